The molecule has 1 N–H and O–H groups in total. The topological polar surface area (TPSA) is 30.0 Å². The number of rotatable bonds is 3. The third kappa shape index (κ3) is 5.56. The van der Waals surface area contributed by atoms with Gasteiger partial charge in [-0.2, -0.15) is 0 Å². The fourth-order valence-electron chi connectivity index (χ4n) is 1.78. The van der Waals surface area contributed by atoms with E-state index >= 15 is 0 Å². The summed E-state index contributed by atoms with van der Waals surface area (Å²) in [6.45, 7) is 0. The number of anilines is 3. The highest BCUT2D eigenvalue weighted by atomic mass is 16.3. The smallest absolute Gasteiger partial charge is 0.115 e. The number of hydrogen-bond acceptors (Lipinski definition) is 4. The zero-order valence-corrected chi connectivity index (χ0v) is 14.4. The van der Waals surface area contributed by atoms with Gasteiger partial charge in [0.25, 0.3) is 0 Å². The summed E-state index contributed by atoms with van der Waals surface area (Å²) < 4.78 is 0. The lowest BCUT2D eigenvalue weighted by atomic mass is 10.2. The van der Waals surface area contributed by atoms with Gasteiger partial charge in [0.05, 0.1) is 0 Å². The largest absolute Gasteiger partial charge is 0.508 e. The van der Waals surface area contributed by atoms with E-state index in [1.165, 1.54) is 17.1 Å². The highest BCUT2D eigenvalue weighted by Crippen LogP contribution is 2.27. The van der Waals surface area contributed by atoms with Crippen molar-refractivity contribution < 1.29 is 5.11 Å². The molecule has 0 bridgehead atoms. The number of aromatic hydroxyl groups is 1. The molecule has 0 saturated carbocycles. The lowest BCUT2D eigenvalue weighted by molar-refractivity contribution is 0.475. The van der Waals surface area contributed by atoms with Crippen molar-refractivity contribution >= 4 is 17.1 Å². The van der Waals surface area contributed by atoms with Gasteiger partial charge in [-0.15, -0.1) is 0 Å². The minimum absolute atomic E-state index is 0.322. The Kier molecular flexibility index (Phi) is 6.57. The second-order valence-electron chi connectivity index (χ2n) is 5.73. The fourth-order valence-corrected chi connectivity index (χ4v) is 1.78. The van der Waals surface area contributed by atoms with E-state index in [0.29, 0.717) is 5.75 Å². The van der Waals surface area contributed by atoms with Crippen molar-refractivity contribution in [3.05, 3.63) is 48.5 Å². The number of para-hydroxylation sites is 1. The van der Waals surface area contributed by atoms with Crippen LogP contribution in [0.5, 0.6) is 5.75 Å². The van der Waals surface area contributed by atoms with Gasteiger partial charge in [0.15, 0.2) is 0 Å². The summed E-state index contributed by atoms with van der Waals surface area (Å²) in [5.74, 6) is 0.322. The maximum atomic E-state index is 8.63. The molecule has 0 aliphatic carbocycles. The molecule has 0 spiro atoms. The average molecular weight is 301 g/mol. The standard InChI is InChI=1S/C12H21N3.C6H6O/c1-13(2)10-7-11(14(3)4)9-12(8-10)15(5)6;7-6-4-2-1-3-5-6/h7-9H,1-6H3;1-5,7H. The fraction of sp³-hybridized carbons (Fsp3) is 0.333. The van der Waals surface area contributed by atoms with Crippen molar-refractivity contribution in [3.63, 3.8) is 0 Å². The number of phenols is 1. The van der Waals surface area contributed by atoms with Gasteiger partial charge in [-0.1, -0.05) is 18.2 Å². The third-order valence-corrected chi connectivity index (χ3v) is 3.19. The summed E-state index contributed by atoms with van der Waals surface area (Å²) in [7, 11) is 12.4. The molecule has 0 radical (unpaired) electrons. The first-order valence-electron chi connectivity index (χ1n) is 7.22. The second-order valence-corrected chi connectivity index (χ2v) is 5.73. The lowest BCUT2D eigenvalue weighted by Gasteiger charge is -2.22. The van der Waals surface area contributed by atoms with Crippen molar-refractivity contribution in [2.45, 2.75) is 0 Å². The molecule has 0 amide bonds. The Labute approximate surface area is 134 Å². The Hall–Kier alpha value is -2.36. The van der Waals surface area contributed by atoms with Crippen LogP contribution in [0.4, 0.5) is 17.1 Å². The third-order valence-electron chi connectivity index (χ3n) is 3.19. The molecular weight excluding hydrogens is 274 g/mol. The molecule has 2 rings (SSSR count). The molecule has 4 heteroatoms. The molecule has 0 fully saturated rings. The van der Waals surface area contributed by atoms with Gasteiger partial charge in [-0.05, 0) is 30.3 Å². The summed E-state index contributed by atoms with van der Waals surface area (Å²) in [6.07, 6.45) is 0. The Balaban J connectivity index is 0.000000287. The van der Waals surface area contributed by atoms with Gasteiger partial charge >= 0.3 is 0 Å². The molecule has 0 aromatic heterocycles. The SMILES string of the molecule is CN(C)c1cc(N(C)C)cc(N(C)C)c1.Oc1ccccc1. The van der Waals surface area contributed by atoms with Gasteiger partial charge in [-0.25, -0.2) is 0 Å². The Bertz CT molecular complexity index is 501. The molecule has 0 saturated heterocycles. The monoisotopic (exact) mass is 301 g/mol. The number of benzene rings is 2. The van der Waals surface area contributed by atoms with Gasteiger partial charge in [-0.3, -0.25) is 0 Å². The number of phenolic OH excluding ortho intramolecular Hbond substituents is 1. The maximum Gasteiger partial charge on any atom is 0.115 e. The van der Waals surface area contributed by atoms with Crippen LogP contribution in [0.15, 0.2) is 48.5 Å². The minimum atomic E-state index is 0.322. The number of hydrogen-bond donors (Lipinski definition) is 1. The van der Waals surface area contributed by atoms with E-state index in [2.05, 4.69) is 75.2 Å². The predicted octanol–water partition coefficient (Wildman–Crippen LogP) is 3.28. The first-order chi connectivity index (χ1) is 10.3. The number of nitrogens with zero attached hydrogens (tertiary/aromatic N) is 3. The minimum Gasteiger partial charge on any atom is -0.508 e. The lowest BCUT2D eigenvalue weighted by Crippen LogP contribution is -2.15. The predicted molar refractivity (Wildman–Crippen MR) is 97.5 cm³/mol. The first-order valence-corrected chi connectivity index (χ1v) is 7.22. The van der Waals surface area contributed by atoms with Crippen LogP contribution in [-0.2, 0) is 0 Å². The molecule has 4 nitrogen and oxygen atoms in total. The Morgan fingerprint density at radius 2 is 0.909 bits per heavy atom. The van der Waals surface area contributed by atoms with Crippen LogP contribution >= 0.6 is 0 Å². The summed E-state index contributed by atoms with van der Waals surface area (Å²) >= 11 is 0. The highest BCUT2D eigenvalue weighted by Gasteiger charge is 2.05. The van der Waals surface area contributed by atoms with Crippen molar-refractivity contribution in [3.8, 4) is 5.75 Å². The van der Waals surface area contributed by atoms with E-state index in [-0.39, 0.29) is 0 Å². The summed E-state index contributed by atoms with van der Waals surface area (Å²) in [5.41, 5.74) is 3.68. The van der Waals surface area contributed by atoms with Crippen LogP contribution in [0.1, 0.15) is 0 Å². The molecule has 0 aliphatic heterocycles. The summed E-state index contributed by atoms with van der Waals surface area (Å²) in [6, 6.07) is 15.3. The molecule has 0 heterocycles. The zero-order chi connectivity index (χ0) is 16.7. The quantitative estimate of drug-likeness (QED) is 0.942. The average Bonchev–Trinajstić information content (AvgIpc) is 2.48. The Morgan fingerprint density at radius 3 is 1.09 bits per heavy atom. The zero-order valence-electron chi connectivity index (χ0n) is 14.4. The molecule has 120 valence electrons. The van der Waals surface area contributed by atoms with Crippen molar-refractivity contribution in [1.29, 1.82) is 0 Å². The first kappa shape index (κ1) is 17.7. The second kappa shape index (κ2) is 8.17. The van der Waals surface area contributed by atoms with Crippen molar-refractivity contribution in [2.24, 2.45) is 0 Å². The molecule has 2 aromatic rings. The summed E-state index contributed by atoms with van der Waals surface area (Å²) in [4.78, 5) is 6.38. The molecular formula is C18H27N3O. The van der Waals surface area contributed by atoms with Crippen LogP contribution < -0.4 is 14.7 Å². The molecule has 2 aromatic carbocycles. The van der Waals surface area contributed by atoms with Crippen LogP contribution in [0, 0.1) is 0 Å². The van der Waals surface area contributed by atoms with Crippen LogP contribution in [0.25, 0.3) is 0 Å². The maximum absolute atomic E-state index is 8.63. The van der Waals surface area contributed by atoms with Gasteiger partial charge < -0.3 is 19.8 Å². The van der Waals surface area contributed by atoms with E-state index in [4.69, 9.17) is 5.11 Å². The molecule has 0 atom stereocenters. The van der Waals surface area contributed by atoms with Crippen molar-refractivity contribution in [1.82, 2.24) is 0 Å². The van der Waals surface area contributed by atoms with Gasteiger partial charge in [0.2, 0.25) is 0 Å². The van der Waals surface area contributed by atoms with Crippen LogP contribution in [0.3, 0.4) is 0 Å². The molecule has 22 heavy (non-hydrogen) atoms. The highest BCUT2D eigenvalue weighted by molar-refractivity contribution is 5.68. The molecule has 0 aliphatic rings. The van der Waals surface area contributed by atoms with E-state index in [1.807, 2.05) is 6.07 Å². The van der Waals surface area contributed by atoms with E-state index in [9.17, 15) is 0 Å². The van der Waals surface area contributed by atoms with E-state index < -0.39 is 0 Å². The molecule has 0 unspecified atom stereocenters. The Morgan fingerprint density at radius 1 is 0.591 bits per heavy atom. The normalized spacial score (nSPS) is 9.55. The van der Waals surface area contributed by atoms with Crippen LogP contribution in [0.2, 0.25) is 0 Å². The van der Waals surface area contributed by atoms with Crippen molar-refractivity contribution in [2.75, 3.05) is 57.0 Å². The summed E-state index contributed by atoms with van der Waals surface area (Å²) in [5, 5.41) is 8.63. The van der Waals surface area contributed by atoms with Gasteiger partial charge in [0.1, 0.15) is 5.75 Å². The van der Waals surface area contributed by atoms with Crippen LogP contribution in [-0.4, -0.2) is 47.4 Å². The van der Waals surface area contributed by atoms with Gasteiger partial charge in [0, 0.05) is 59.3 Å². The van der Waals surface area contributed by atoms with E-state index in [1.54, 1.807) is 24.3 Å². The van der Waals surface area contributed by atoms with E-state index in [0.717, 1.165) is 0 Å².